The number of unbranched alkanes of at least 4 members (excludes halogenated alkanes) is 14. The molecule has 1 aliphatic rings. The van der Waals surface area contributed by atoms with Gasteiger partial charge in [0.1, 0.15) is 0 Å². The summed E-state index contributed by atoms with van der Waals surface area (Å²) in [5.41, 5.74) is 2.65. The molecule has 0 radical (unpaired) electrons. The Kier molecular flexibility index (Phi) is 17.8. The molecule has 1 N–H and O–H groups in total. The van der Waals surface area contributed by atoms with Crippen molar-refractivity contribution >= 4 is 29.1 Å². The highest BCUT2D eigenvalue weighted by Gasteiger charge is 2.24. The highest BCUT2D eigenvalue weighted by Crippen LogP contribution is 2.47. The molecule has 1 heterocycles. The van der Waals surface area contributed by atoms with E-state index in [0.29, 0.717) is 12.5 Å². The molecule has 5 heteroatoms. The number of carboxylic acid groups (broad SMARTS) is 1. The summed E-state index contributed by atoms with van der Waals surface area (Å²) in [6.45, 7) is 5.54. The fourth-order valence-corrected chi connectivity index (χ4v) is 6.15. The van der Waals surface area contributed by atoms with E-state index in [1.807, 2.05) is 11.8 Å². The zero-order chi connectivity index (χ0) is 29.0. The minimum atomic E-state index is -0.653. The lowest BCUT2D eigenvalue weighted by Gasteiger charge is -2.36. The summed E-state index contributed by atoms with van der Waals surface area (Å²) < 4.78 is 0. The predicted molar refractivity (Wildman–Crippen MR) is 174 cm³/mol. The van der Waals surface area contributed by atoms with E-state index in [9.17, 15) is 4.79 Å². The van der Waals surface area contributed by atoms with Gasteiger partial charge in [-0.2, -0.15) is 0 Å². The van der Waals surface area contributed by atoms with Crippen LogP contribution in [0.25, 0.3) is 0 Å². The minimum Gasteiger partial charge on any atom is -0.481 e. The molecule has 0 spiro atoms. The number of fused-ring (bicyclic) bond motifs is 2. The first-order valence-electron chi connectivity index (χ1n) is 16.0. The third kappa shape index (κ3) is 13.6. The van der Waals surface area contributed by atoms with Crippen LogP contribution in [0.3, 0.4) is 0 Å². The molecule has 1 unspecified atom stereocenters. The maximum absolute atomic E-state index is 10.3. The predicted octanol–water partition coefficient (Wildman–Crippen LogP) is 10.6. The van der Waals surface area contributed by atoms with Crippen molar-refractivity contribution < 1.29 is 9.90 Å². The van der Waals surface area contributed by atoms with Gasteiger partial charge in [0.05, 0.1) is 11.4 Å². The number of rotatable bonds is 19. The third-order valence-electron chi connectivity index (χ3n) is 7.85. The van der Waals surface area contributed by atoms with Crippen molar-refractivity contribution in [2.75, 3.05) is 25.5 Å². The fraction of sp³-hybridized carbons (Fsp3) is 0.629. The lowest BCUT2D eigenvalue weighted by atomic mass is 10.0. The average molecular weight is 569 g/mol. The van der Waals surface area contributed by atoms with Gasteiger partial charge in [0, 0.05) is 28.8 Å². The number of para-hydroxylation sites is 2. The van der Waals surface area contributed by atoms with Crippen LogP contribution in [-0.2, 0) is 4.79 Å². The molecule has 0 saturated heterocycles. The van der Waals surface area contributed by atoms with Gasteiger partial charge in [0.25, 0.3) is 0 Å². The Morgan fingerprint density at radius 1 is 0.725 bits per heavy atom. The summed E-state index contributed by atoms with van der Waals surface area (Å²) in [7, 11) is 4.28. The summed E-state index contributed by atoms with van der Waals surface area (Å²) in [5, 5.41) is 8.52. The number of carboxylic acids is 1. The van der Waals surface area contributed by atoms with Crippen LogP contribution < -0.4 is 4.90 Å². The van der Waals surface area contributed by atoms with Crippen LogP contribution in [-0.4, -0.2) is 42.7 Å². The SMILES string of the molecule is CC(CN1c2ccccc2Sc2ccccc21)N(C)C.CCCCCCCCCCCCCCCCCC(=O)O. The molecule has 40 heavy (non-hydrogen) atoms. The molecular formula is C35H56N2O2S. The van der Waals surface area contributed by atoms with Crippen LogP contribution >= 0.6 is 11.8 Å². The van der Waals surface area contributed by atoms with E-state index in [-0.39, 0.29) is 0 Å². The van der Waals surface area contributed by atoms with Crippen LogP contribution in [0.15, 0.2) is 58.3 Å². The Bertz CT molecular complexity index is 903. The monoisotopic (exact) mass is 568 g/mol. The van der Waals surface area contributed by atoms with Crippen molar-refractivity contribution in [3.63, 3.8) is 0 Å². The Balaban J connectivity index is 0.000000280. The Morgan fingerprint density at radius 3 is 1.52 bits per heavy atom. The topological polar surface area (TPSA) is 43.8 Å². The Morgan fingerprint density at radius 2 is 1.12 bits per heavy atom. The third-order valence-corrected chi connectivity index (χ3v) is 8.98. The van der Waals surface area contributed by atoms with Gasteiger partial charge in [-0.25, -0.2) is 0 Å². The lowest BCUT2D eigenvalue weighted by Crippen LogP contribution is -2.37. The van der Waals surface area contributed by atoms with E-state index in [0.717, 1.165) is 19.4 Å². The van der Waals surface area contributed by atoms with E-state index in [1.165, 1.54) is 105 Å². The fourth-order valence-electron chi connectivity index (χ4n) is 5.05. The van der Waals surface area contributed by atoms with Gasteiger partial charge < -0.3 is 14.9 Å². The van der Waals surface area contributed by atoms with Gasteiger partial charge in [0.15, 0.2) is 0 Å². The summed E-state index contributed by atoms with van der Waals surface area (Å²) in [4.78, 5) is 17.7. The van der Waals surface area contributed by atoms with E-state index in [2.05, 4.69) is 86.3 Å². The largest absolute Gasteiger partial charge is 0.481 e. The van der Waals surface area contributed by atoms with Crippen molar-refractivity contribution in [2.45, 2.75) is 132 Å². The second-order valence-corrected chi connectivity index (χ2v) is 12.6. The van der Waals surface area contributed by atoms with Crippen LogP contribution in [0.2, 0.25) is 0 Å². The lowest BCUT2D eigenvalue weighted by molar-refractivity contribution is -0.137. The second kappa shape index (κ2) is 20.8. The van der Waals surface area contributed by atoms with Crippen LogP contribution in [0, 0.1) is 0 Å². The molecule has 4 nitrogen and oxygen atoms in total. The van der Waals surface area contributed by atoms with Gasteiger partial charge in [-0.3, -0.25) is 4.79 Å². The van der Waals surface area contributed by atoms with E-state index < -0.39 is 5.97 Å². The van der Waals surface area contributed by atoms with E-state index in [4.69, 9.17) is 5.11 Å². The van der Waals surface area contributed by atoms with Crippen molar-refractivity contribution in [3.05, 3.63) is 48.5 Å². The van der Waals surface area contributed by atoms with Crippen molar-refractivity contribution in [1.29, 1.82) is 0 Å². The van der Waals surface area contributed by atoms with Gasteiger partial charge in [-0.1, -0.05) is 133 Å². The van der Waals surface area contributed by atoms with Gasteiger partial charge in [-0.15, -0.1) is 0 Å². The van der Waals surface area contributed by atoms with Crippen LogP contribution in [0.1, 0.15) is 117 Å². The second-order valence-electron chi connectivity index (χ2n) is 11.6. The molecule has 0 saturated carbocycles. The molecule has 0 amide bonds. The zero-order valence-corrected chi connectivity index (χ0v) is 26.7. The molecule has 2 aromatic carbocycles. The summed E-state index contributed by atoms with van der Waals surface area (Å²) >= 11 is 1.87. The highest BCUT2D eigenvalue weighted by atomic mass is 32.2. The van der Waals surface area contributed by atoms with Crippen molar-refractivity contribution in [1.82, 2.24) is 4.90 Å². The first-order chi connectivity index (χ1) is 19.4. The molecule has 0 fully saturated rings. The maximum atomic E-state index is 10.3. The molecule has 3 rings (SSSR count). The van der Waals surface area contributed by atoms with E-state index in [1.54, 1.807) is 0 Å². The average Bonchev–Trinajstić information content (AvgIpc) is 2.95. The summed E-state index contributed by atoms with van der Waals surface area (Å²) in [6, 6.07) is 17.9. The molecule has 0 bridgehead atoms. The minimum absolute atomic E-state index is 0.345. The molecular weight excluding hydrogens is 512 g/mol. The first kappa shape index (κ1) is 34.2. The molecule has 0 aromatic heterocycles. The number of anilines is 2. The molecule has 0 aliphatic carbocycles. The van der Waals surface area contributed by atoms with Crippen molar-refractivity contribution in [2.24, 2.45) is 0 Å². The van der Waals surface area contributed by atoms with Gasteiger partial charge in [-0.05, 0) is 51.7 Å². The number of hydrogen-bond donors (Lipinski definition) is 1. The summed E-state index contributed by atoms with van der Waals surface area (Å²) in [6.07, 6.45) is 20.2. The normalized spacial score (nSPS) is 12.9. The number of aliphatic carboxylic acids is 1. The molecule has 1 atom stereocenters. The van der Waals surface area contributed by atoms with Crippen LogP contribution in [0.5, 0.6) is 0 Å². The first-order valence-corrected chi connectivity index (χ1v) is 16.8. The maximum Gasteiger partial charge on any atom is 0.303 e. The number of nitrogens with zero attached hydrogens (tertiary/aromatic N) is 2. The van der Waals surface area contributed by atoms with Crippen molar-refractivity contribution in [3.8, 4) is 0 Å². The number of likely N-dealkylation sites (N-methyl/N-ethyl adjacent to an activating group) is 1. The van der Waals surface area contributed by atoms with Gasteiger partial charge >= 0.3 is 5.97 Å². The highest BCUT2D eigenvalue weighted by molar-refractivity contribution is 7.99. The standard InChI is InChI=1S/C18H36O2.C17H20N2S/c1-2-3-4-5-6-7-8-9-10-11-12-13-14-15-16-17-18(19)20;1-13(18(2)3)12-19-14-8-4-6-10-16(14)20-17-11-7-5-9-15(17)19/h2-17H2,1H3,(H,19,20);4-11,13H,12H2,1-3H3. The molecule has 2 aromatic rings. The summed E-state index contributed by atoms with van der Waals surface area (Å²) in [5.74, 6) is -0.653. The Labute approximate surface area is 249 Å². The Hall–Kier alpha value is -1.98. The molecule has 1 aliphatic heterocycles. The smallest absolute Gasteiger partial charge is 0.303 e. The van der Waals surface area contributed by atoms with Crippen LogP contribution in [0.4, 0.5) is 11.4 Å². The number of benzene rings is 2. The van der Waals surface area contributed by atoms with Gasteiger partial charge in [0.2, 0.25) is 0 Å². The number of carbonyl (C=O) groups is 1. The van der Waals surface area contributed by atoms with E-state index >= 15 is 0 Å². The molecule has 224 valence electrons. The zero-order valence-electron chi connectivity index (χ0n) is 25.9. The quantitative estimate of drug-likeness (QED) is 0.171. The number of hydrogen-bond acceptors (Lipinski definition) is 4.